The number of carbonyl (C=O) groups excluding carboxylic acids is 1. The third-order valence-corrected chi connectivity index (χ3v) is 3.21. The number of carbonyl (C=O) groups is 1. The molecule has 1 amide bonds. The van der Waals surface area contributed by atoms with E-state index in [1.165, 1.54) is 11.1 Å². The van der Waals surface area contributed by atoms with Gasteiger partial charge in [-0.05, 0) is 12.8 Å². The van der Waals surface area contributed by atoms with Crippen molar-refractivity contribution >= 4 is 5.91 Å². The third kappa shape index (κ3) is 4.14. The molecular formula is C11H15F3N4O3. The van der Waals surface area contributed by atoms with E-state index in [9.17, 15) is 23.1 Å². The Hall–Kier alpha value is -1.68. The fraction of sp³-hybridized carbons (Fsp3) is 0.727. The number of ether oxygens (including phenoxy) is 1. The molecule has 0 saturated carbocycles. The number of alkyl halides is 3. The van der Waals surface area contributed by atoms with Gasteiger partial charge in [0, 0.05) is 6.54 Å². The van der Waals surface area contributed by atoms with Crippen LogP contribution in [-0.4, -0.2) is 63.8 Å². The second-order valence-corrected chi connectivity index (χ2v) is 4.91. The van der Waals surface area contributed by atoms with Crippen LogP contribution in [0.1, 0.15) is 18.5 Å². The van der Waals surface area contributed by atoms with Crippen molar-refractivity contribution in [2.75, 3.05) is 26.3 Å². The molecule has 10 heteroatoms. The monoisotopic (exact) mass is 308 g/mol. The maximum absolute atomic E-state index is 11.9. The van der Waals surface area contributed by atoms with Crippen molar-refractivity contribution in [3.8, 4) is 0 Å². The van der Waals surface area contributed by atoms with Crippen LogP contribution >= 0.6 is 0 Å². The minimum absolute atomic E-state index is 0.0479. The molecule has 0 radical (unpaired) electrons. The van der Waals surface area contributed by atoms with E-state index in [0.717, 1.165) is 0 Å². The molecule has 2 heterocycles. The predicted octanol–water partition coefficient (Wildman–Crippen LogP) is 0.194. The van der Waals surface area contributed by atoms with Crippen molar-refractivity contribution < 1.29 is 27.8 Å². The highest BCUT2D eigenvalue weighted by atomic mass is 19.4. The van der Waals surface area contributed by atoms with E-state index >= 15 is 0 Å². The summed E-state index contributed by atoms with van der Waals surface area (Å²) >= 11 is 0. The molecule has 2 N–H and O–H groups in total. The zero-order chi connectivity index (χ0) is 15.5. The number of β-amino-alcohol motifs (C(OH)–C–C–N with tert-alkyl or cyclic N) is 1. The first-order valence-corrected chi connectivity index (χ1v) is 6.31. The maximum atomic E-state index is 11.9. The number of nitrogens with zero attached hydrogens (tertiary/aromatic N) is 3. The molecule has 2 rings (SSSR count). The van der Waals surface area contributed by atoms with Crippen molar-refractivity contribution in [1.82, 2.24) is 20.3 Å². The van der Waals surface area contributed by atoms with E-state index in [1.807, 2.05) is 0 Å². The molecule has 21 heavy (non-hydrogen) atoms. The second kappa shape index (κ2) is 5.98. The quantitative estimate of drug-likeness (QED) is 0.829. The predicted molar refractivity (Wildman–Crippen MR) is 63.0 cm³/mol. The smallest absolute Gasteiger partial charge is 0.382 e. The number of hydrogen-bond acceptors (Lipinski definition) is 5. The number of halogens is 3. The third-order valence-electron chi connectivity index (χ3n) is 3.21. The van der Waals surface area contributed by atoms with Gasteiger partial charge in [0.1, 0.15) is 24.5 Å². The van der Waals surface area contributed by atoms with Crippen molar-refractivity contribution in [1.29, 1.82) is 0 Å². The molecule has 1 aliphatic rings. The summed E-state index contributed by atoms with van der Waals surface area (Å²) < 4.78 is 40.2. The zero-order valence-corrected chi connectivity index (χ0v) is 11.1. The lowest BCUT2D eigenvalue weighted by atomic mass is 9.90. The normalized spacial score (nSPS) is 23.3. The SMILES string of the molecule is O=C(COCC(F)(F)F)N1CCC[C@@](O)(c2cn[nH]n2)C1. The second-order valence-electron chi connectivity index (χ2n) is 4.91. The number of nitrogens with one attached hydrogen (secondary N) is 1. The Morgan fingerprint density at radius 3 is 2.95 bits per heavy atom. The first-order valence-electron chi connectivity index (χ1n) is 6.31. The first kappa shape index (κ1) is 15.7. The van der Waals surface area contributed by atoms with Crippen molar-refractivity contribution in [3.05, 3.63) is 11.9 Å². The molecule has 0 spiro atoms. The summed E-state index contributed by atoms with van der Waals surface area (Å²) in [5, 5.41) is 20.2. The van der Waals surface area contributed by atoms with E-state index in [2.05, 4.69) is 20.1 Å². The van der Waals surface area contributed by atoms with Gasteiger partial charge >= 0.3 is 6.18 Å². The molecule has 1 aromatic rings. The zero-order valence-electron chi connectivity index (χ0n) is 11.1. The fourth-order valence-electron chi connectivity index (χ4n) is 2.23. The van der Waals surface area contributed by atoms with E-state index in [-0.39, 0.29) is 6.54 Å². The lowest BCUT2D eigenvalue weighted by molar-refractivity contribution is -0.179. The Kier molecular flexibility index (Phi) is 4.47. The number of rotatable bonds is 4. The Bertz CT molecular complexity index is 480. The van der Waals surface area contributed by atoms with Gasteiger partial charge in [0.15, 0.2) is 0 Å². The Morgan fingerprint density at radius 2 is 2.33 bits per heavy atom. The van der Waals surface area contributed by atoms with Crippen LogP contribution in [0.4, 0.5) is 13.2 Å². The molecule has 1 atom stereocenters. The molecule has 0 bridgehead atoms. The maximum Gasteiger partial charge on any atom is 0.411 e. The summed E-state index contributed by atoms with van der Waals surface area (Å²) in [5.41, 5.74) is -1.04. The van der Waals surface area contributed by atoms with Crippen LogP contribution in [0.15, 0.2) is 6.20 Å². The van der Waals surface area contributed by atoms with Crippen LogP contribution in [0.3, 0.4) is 0 Å². The van der Waals surface area contributed by atoms with E-state index in [4.69, 9.17) is 0 Å². The largest absolute Gasteiger partial charge is 0.411 e. The van der Waals surface area contributed by atoms with Gasteiger partial charge in [-0.1, -0.05) is 0 Å². The highest BCUT2D eigenvalue weighted by Gasteiger charge is 2.39. The molecule has 0 aromatic carbocycles. The van der Waals surface area contributed by atoms with E-state index in [0.29, 0.717) is 25.1 Å². The highest BCUT2D eigenvalue weighted by Crippen LogP contribution is 2.29. The van der Waals surface area contributed by atoms with E-state index < -0.39 is 30.9 Å². The van der Waals surface area contributed by atoms with E-state index in [1.54, 1.807) is 0 Å². The number of aromatic amines is 1. The number of aromatic nitrogens is 3. The number of H-pyrrole nitrogens is 1. The highest BCUT2D eigenvalue weighted by molar-refractivity contribution is 5.77. The summed E-state index contributed by atoms with van der Waals surface area (Å²) in [5.74, 6) is -0.596. The molecule has 0 aliphatic carbocycles. The minimum Gasteiger partial charge on any atom is -0.382 e. The number of piperidine rings is 1. The average Bonchev–Trinajstić information content (AvgIpc) is 2.91. The number of aliphatic hydroxyl groups is 1. The standard InChI is InChI=1S/C11H15F3N4O3/c12-11(13,14)7-21-5-9(19)18-3-1-2-10(20,6-18)8-4-15-17-16-8/h4,20H,1-3,5-7H2,(H,15,16,17)/t10-/m0/s1. The molecule has 7 nitrogen and oxygen atoms in total. The Morgan fingerprint density at radius 1 is 1.57 bits per heavy atom. The lowest BCUT2D eigenvalue weighted by Crippen LogP contribution is -2.49. The average molecular weight is 308 g/mol. The van der Waals surface area contributed by atoms with Gasteiger partial charge in [0.05, 0.1) is 12.7 Å². The van der Waals surface area contributed by atoms with Crippen LogP contribution in [0.2, 0.25) is 0 Å². The van der Waals surface area contributed by atoms with Crippen molar-refractivity contribution in [2.24, 2.45) is 0 Å². The number of likely N-dealkylation sites (tertiary alicyclic amines) is 1. The summed E-state index contributed by atoms with van der Waals surface area (Å²) in [6, 6.07) is 0. The molecule has 1 saturated heterocycles. The number of amides is 1. The number of hydrogen-bond donors (Lipinski definition) is 2. The Balaban J connectivity index is 1.90. The summed E-state index contributed by atoms with van der Waals surface area (Å²) in [6.45, 7) is -1.84. The van der Waals surface area contributed by atoms with Crippen LogP contribution < -0.4 is 0 Å². The molecule has 0 unspecified atom stereocenters. The van der Waals surface area contributed by atoms with Crippen molar-refractivity contribution in [3.63, 3.8) is 0 Å². The van der Waals surface area contributed by atoms with Gasteiger partial charge in [-0.3, -0.25) is 4.79 Å². The van der Waals surface area contributed by atoms with Gasteiger partial charge in [-0.2, -0.15) is 28.6 Å². The van der Waals surface area contributed by atoms with Gasteiger partial charge in [0.2, 0.25) is 5.91 Å². The van der Waals surface area contributed by atoms with Gasteiger partial charge in [-0.25, -0.2) is 0 Å². The lowest BCUT2D eigenvalue weighted by Gasteiger charge is -2.37. The molecular weight excluding hydrogens is 293 g/mol. The van der Waals surface area contributed by atoms with Crippen LogP contribution in [0, 0.1) is 0 Å². The first-order chi connectivity index (χ1) is 9.80. The fourth-order valence-corrected chi connectivity index (χ4v) is 2.23. The van der Waals surface area contributed by atoms with Crippen molar-refractivity contribution in [2.45, 2.75) is 24.6 Å². The summed E-state index contributed by atoms with van der Waals surface area (Å²) in [4.78, 5) is 13.1. The molecule has 1 fully saturated rings. The van der Waals surface area contributed by atoms with Gasteiger partial charge < -0.3 is 14.7 Å². The van der Waals surface area contributed by atoms with Crippen LogP contribution in [0.5, 0.6) is 0 Å². The summed E-state index contributed by atoms with van der Waals surface area (Å²) in [7, 11) is 0. The molecule has 1 aliphatic heterocycles. The van der Waals surface area contributed by atoms with Crippen LogP contribution in [-0.2, 0) is 15.1 Å². The summed E-state index contributed by atoms with van der Waals surface area (Å²) in [6.07, 6.45) is -2.21. The molecule has 118 valence electrons. The van der Waals surface area contributed by atoms with Crippen LogP contribution in [0.25, 0.3) is 0 Å². The topological polar surface area (TPSA) is 91.3 Å². The van der Waals surface area contributed by atoms with Gasteiger partial charge in [0.25, 0.3) is 0 Å². The Labute approximate surface area is 118 Å². The van der Waals surface area contributed by atoms with Gasteiger partial charge in [-0.15, -0.1) is 0 Å². The minimum atomic E-state index is -4.47. The molecule has 1 aromatic heterocycles.